The number of piperidine rings is 1. The fraction of sp³-hybridized carbons (Fsp3) is 0.500. The highest BCUT2D eigenvalue weighted by molar-refractivity contribution is 5.99. The average Bonchev–Trinajstić information content (AvgIpc) is 2.84. The molecule has 0 saturated carbocycles. The molecular weight excluding hydrogens is 295 g/mol. The summed E-state index contributed by atoms with van der Waals surface area (Å²) < 4.78 is 19.0. The lowest BCUT2D eigenvalue weighted by Crippen LogP contribution is -2.34. The van der Waals surface area contributed by atoms with Gasteiger partial charge in [0.1, 0.15) is 11.8 Å². The topological polar surface area (TPSA) is 45.5 Å². The van der Waals surface area contributed by atoms with Gasteiger partial charge in [-0.3, -0.25) is 4.79 Å². The maximum absolute atomic E-state index is 13.3. The van der Waals surface area contributed by atoms with Crippen LogP contribution in [-0.2, 0) is 0 Å². The van der Waals surface area contributed by atoms with Crippen LogP contribution in [0.5, 0.6) is 0 Å². The number of rotatable bonds is 3. The number of carbonyl (C=O) groups is 1. The summed E-state index contributed by atoms with van der Waals surface area (Å²) in [6.45, 7) is 7.19. The highest BCUT2D eigenvalue weighted by atomic mass is 19.1. The first kappa shape index (κ1) is 15.8. The molecule has 1 amide bonds. The van der Waals surface area contributed by atoms with Crippen LogP contribution in [0.4, 0.5) is 10.1 Å². The molecule has 0 spiro atoms. The minimum atomic E-state index is -0.683. The van der Waals surface area contributed by atoms with Crippen molar-refractivity contribution in [1.29, 1.82) is 0 Å². The third-order valence-electron chi connectivity index (χ3n) is 4.34. The molecule has 0 aliphatic carbocycles. The third kappa shape index (κ3) is 3.19. The van der Waals surface area contributed by atoms with Crippen molar-refractivity contribution in [1.82, 2.24) is 5.32 Å². The number of alkyl halides is 1. The van der Waals surface area contributed by atoms with Gasteiger partial charge in [-0.1, -0.05) is 0 Å². The summed E-state index contributed by atoms with van der Waals surface area (Å²) in [6.07, 6.45) is 0.464. The lowest BCUT2D eigenvalue weighted by Gasteiger charge is -2.30. The molecule has 2 heterocycles. The van der Waals surface area contributed by atoms with Crippen LogP contribution >= 0.6 is 0 Å². The molecule has 1 fully saturated rings. The first-order valence-corrected chi connectivity index (χ1v) is 8.18. The summed E-state index contributed by atoms with van der Waals surface area (Å²) in [5.41, 5.74) is 2.62. The fourth-order valence-corrected chi connectivity index (χ4v) is 3.06. The first-order chi connectivity index (χ1) is 11.0. The molecule has 5 heteroatoms. The SMILES string of the molecule is Cc1c(C(=O)NC(C)C)oc2ccc(N3CCC(F)CC3)cc12. The van der Waals surface area contributed by atoms with Crippen LogP contribution in [0.1, 0.15) is 42.8 Å². The lowest BCUT2D eigenvalue weighted by molar-refractivity contribution is 0.0916. The summed E-state index contributed by atoms with van der Waals surface area (Å²) in [5, 5.41) is 3.80. The number of carbonyl (C=O) groups excluding carboxylic acids is 1. The highest BCUT2D eigenvalue weighted by Crippen LogP contribution is 2.30. The van der Waals surface area contributed by atoms with Crippen LogP contribution in [0, 0.1) is 6.92 Å². The number of benzene rings is 1. The van der Waals surface area contributed by atoms with E-state index in [1.54, 1.807) is 0 Å². The molecule has 124 valence electrons. The molecule has 3 rings (SSSR count). The van der Waals surface area contributed by atoms with E-state index in [0.29, 0.717) is 24.2 Å². The smallest absolute Gasteiger partial charge is 0.287 e. The maximum atomic E-state index is 13.3. The molecule has 1 aromatic carbocycles. The van der Waals surface area contributed by atoms with Gasteiger partial charge in [0.15, 0.2) is 5.76 Å². The second-order valence-corrected chi connectivity index (χ2v) is 6.53. The molecular formula is C18H23FN2O2. The predicted molar refractivity (Wildman–Crippen MR) is 89.9 cm³/mol. The number of nitrogens with zero attached hydrogens (tertiary/aromatic N) is 1. The van der Waals surface area contributed by atoms with Gasteiger partial charge < -0.3 is 14.6 Å². The summed E-state index contributed by atoms with van der Waals surface area (Å²) in [5.74, 6) is 0.182. The number of anilines is 1. The van der Waals surface area contributed by atoms with E-state index in [1.807, 2.05) is 39.0 Å². The van der Waals surface area contributed by atoms with Crippen molar-refractivity contribution in [2.24, 2.45) is 0 Å². The Balaban J connectivity index is 1.91. The van der Waals surface area contributed by atoms with Crippen molar-refractivity contribution in [3.8, 4) is 0 Å². The molecule has 4 nitrogen and oxygen atoms in total. The Bertz CT molecular complexity index is 715. The Kier molecular flexibility index (Phi) is 4.28. The minimum Gasteiger partial charge on any atom is -0.451 e. The molecule has 0 bridgehead atoms. The van der Waals surface area contributed by atoms with Crippen LogP contribution in [-0.4, -0.2) is 31.2 Å². The van der Waals surface area contributed by atoms with E-state index in [-0.39, 0.29) is 11.9 Å². The monoisotopic (exact) mass is 318 g/mol. The number of halogens is 1. The van der Waals surface area contributed by atoms with Gasteiger partial charge in [0.05, 0.1) is 0 Å². The second-order valence-electron chi connectivity index (χ2n) is 6.53. The van der Waals surface area contributed by atoms with Gasteiger partial charge in [0.25, 0.3) is 5.91 Å². The molecule has 1 N–H and O–H groups in total. The lowest BCUT2D eigenvalue weighted by atomic mass is 10.1. The zero-order valence-corrected chi connectivity index (χ0v) is 13.9. The van der Waals surface area contributed by atoms with E-state index in [4.69, 9.17) is 4.42 Å². The molecule has 0 radical (unpaired) electrons. The molecule has 1 aromatic heterocycles. The van der Waals surface area contributed by atoms with Gasteiger partial charge in [-0.15, -0.1) is 0 Å². The van der Waals surface area contributed by atoms with E-state index < -0.39 is 6.17 Å². The van der Waals surface area contributed by atoms with E-state index in [0.717, 1.165) is 29.7 Å². The summed E-state index contributed by atoms with van der Waals surface area (Å²) in [6, 6.07) is 5.98. The van der Waals surface area contributed by atoms with Gasteiger partial charge in [-0.05, 0) is 51.8 Å². The average molecular weight is 318 g/mol. The maximum Gasteiger partial charge on any atom is 0.287 e. The predicted octanol–water partition coefficient (Wildman–Crippen LogP) is 3.82. The van der Waals surface area contributed by atoms with Crippen molar-refractivity contribution < 1.29 is 13.6 Å². The summed E-state index contributed by atoms with van der Waals surface area (Å²) in [7, 11) is 0. The van der Waals surface area contributed by atoms with Crippen molar-refractivity contribution in [2.75, 3.05) is 18.0 Å². The van der Waals surface area contributed by atoms with Crippen LogP contribution < -0.4 is 10.2 Å². The number of hydrogen-bond acceptors (Lipinski definition) is 3. The molecule has 1 saturated heterocycles. The molecule has 0 unspecified atom stereocenters. The fourth-order valence-electron chi connectivity index (χ4n) is 3.06. The van der Waals surface area contributed by atoms with Gasteiger partial charge >= 0.3 is 0 Å². The highest BCUT2D eigenvalue weighted by Gasteiger charge is 2.21. The van der Waals surface area contributed by atoms with Gasteiger partial charge in [-0.2, -0.15) is 0 Å². The molecule has 23 heavy (non-hydrogen) atoms. The van der Waals surface area contributed by atoms with Crippen LogP contribution in [0.2, 0.25) is 0 Å². The Labute approximate surface area is 135 Å². The van der Waals surface area contributed by atoms with E-state index >= 15 is 0 Å². The van der Waals surface area contributed by atoms with Crippen LogP contribution in [0.15, 0.2) is 22.6 Å². The number of amides is 1. The Morgan fingerprint density at radius 1 is 1.35 bits per heavy atom. The Morgan fingerprint density at radius 3 is 2.70 bits per heavy atom. The normalized spacial score (nSPS) is 16.3. The first-order valence-electron chi connectivity index (χ1n) is 8.18. The number of nitrogens with one attached hydrogen (secondary N) is 1. The Morgan fingerprint density at radius 2 is 2.04 bits per heavy atom. The zero-order chi connectivity index (χ0) is 16.6. The standard InChI is InChI=1S/C18H23FN2O2/c1-11(2)20-18(22)17-12(3)15-10-14(4-5-16(15)23-17)21-8-6-13(19)7-9-21/h4-5,10-11,13H,6-9H2,1-3H3,(H,20,22). The van der Waals surface area contributed by atoms with Crippen LogP contribution in [0.25, 0.3) is 11.0 Å². The quantitative estimate of drug-likeness (QED) is 0.936. The molecule has 2 aromatic rings. The molecule has 1 aliphatic rings. The summed E-state index contributed by atoms with van der Waals surface area (Å²) >= 11 is 0. The third-order valence-corrected chi connectivity index (χ3v) is 4.34. The minimum absolute atomic E-state index is 0.0627. The number of aryl methyl sites for hydroxylation is 1. The van der Waals surface area contributed by atoms with Gasteiger partial charge in [0.2, 0.25) is 0 Å². The van der Waals surface area contributed by atoms with Crippen molar-refractivity contribution in [3.63, 3.8) is 0 Å². The Hall–Kier alpha value is -2.04. The van der Waals surface area contributed by atoms with E-state index in [9.17, 15) is 9.18 Å². The number of hydrogen-bond donors (Lipinski definition) is 1. The van der Waals surface area contributed by atoms with Crippen LogP contribution in [0.3, 0.4) is 0 Å². The van der Waals surface area contributed by atoms with Crippen molar-refractivity contribution >= 4 is 22.6 Å². The van der Waals surface area contributed by atoms with Crippen molar-refractivity contribution in [2.45, 2.75) is 45.8 Å². The largest absolute Gasteiger partial charge is 0.451 e. The number of fused-ring (bicyclic) bond motifs is 1. The van der Waals surface area contributed by atoms with Gasteiger partial charge in [0, 0.05) is 35.8 Å². The van der Waals surface area contributed by atoms with Crippen molar-refractivity contribution in [3.05, 3.63) is 29.5 Å². The molecule has 1 aliphatic heterocycles. The molecule has 0 atom stereocenters. The van der Waals surface area contributed by atoms with E-state index in [1.165, 1.54) is 0 Å². The second kappa shape index (κ2) is 6.22. The zero-order valence-electron chi connectivity index (χ0n) is 13.9. The summed E-state index contributed by atoms with van der Waals surface area (Å²) in [4.78, 5) is 14.4. The number of furan rings is 1. The van der Waals surface area contributed by atoms with E-state index in [2.05, 4.69) is 10.2 Å². The van der Waals surface area contributed by atoms with Gasteiger partial charge in [-0.25, -0.2) is 4.39 Å².